The van der Waals surface area contributed by atoms with Crippen molar-refractivity contribution in [3.05, 3.63) is 122 Å². The summed E-state index contributed by atoms with van der Waals surface area (Å²) in [4.78, 5) is 33.7. The third-order valence-corrected chi connectivity index (χ3v) is 10.7. The number of rotatable bonds is 45. The van der Waals surface area contributed by atoms with Gasteiger partial charge in [0.2, 0.25) is 0 Å². The molecular weight excluding hydrogens is 838 g/mol. The number of hydrogen-bond donors (Lipinski definition) is 3. The highest BCUT2D eigenvalue weighted by Gasteiger charge is 2.27. The van der Waals surface area contributed by atoms with E-state index in [1.165, 1.54) is 25.7 Å². The highest BCUT2D eigenvalue weighted by molar-refractivity contribution is 7.47. The van der Waals surface area contributed by atoms with Crippen LogP contribution in [0.15, 0.2) is 122 Å². The maximum absolute atomic E-state index is 12.7. The summed E-state index contributed by atoms with van der Waals surface area (Å²) in [5.74, 6) is -1.81. The summed E-state index contributed by atoms with van der Waals surface area (Å²) < 4.78 is 33.4. The van der Waals surface area contributed by atoms with Crippen LogP contribution in [0.3, 0.4) is 0 Å². The molecule has 3 unspecified atom stereocenters. The van der Waals surface area contributed by atoms with Gasteiger partial charge in [0, 0.05) is 13.0 Å². The number of allylic oxidation sites excluding steroid dienone is 20. The number of phosphoric ester groups is 1. The highest BCUT2D eigenvalue weighted by atomic mass is 31.2. The van der Waals surface area contributed by atoms with Gasteiger partial charge in [0.05, 0.1) is 19.8 Å². The molecule has 0 fully saturated rings. The zero-order valence-corrected chi connectivity index (χ0v) is 41.2. The third kappa shape index (κ3) is 48.1. The number of nitrogens with two attached hydrogens (primary N) is 1. The lowest BCUT2D eigenvalue weighted by atomic mass is 10.1. The average Bonchev–Trinajstić information content (AvgIpc) is 3.29. The van der Waals surface area contributed by atoms with Crippen LogP contribution in [0.5, 0.6) is 0 Å². The van der Waals surface area contributed by atoms with Gasteiger partial charge >= 0.3 is 19.8 Å². The van der Waals surface area contributed by atoms with Gasteiger partial charge in [-0.2, -0.15) is 0 Å². The molecule has 4 N–H and O–H groups in total. The molecule has 10 nitrogen and oxygen atoms in total. The van der Waals surface area contributed by atoms with E-state index in [2.05, 4.69) is 135 Å². The minimum atomic E-state index is -4.64. The van der Waals surface area contributed by atoms with Gasteiger partial charge in [-0.05, 0) is 103 Å². The second-order valence-electron chi connectivity index (χ2n) is 15.8. The minimum Gasteiger partial charge on any atom is -0.480 e. The molecular formula is C54H88NO9P. The largest absolute Gasteiger partial charge is 0.480 e. The fourth-order valence-electron chi connectivity index (χ4n) is 6.01. The number of esters is 1. The van der Waals surface area contributed by atoms with Crippen molar-refractivity contribution >= 4 is 19.8 Å². The number of carboxylic acid groups (broad SMARTS) is 1. The van der Waals surface area contributed by atoms with Gasteiger partial charge in [-0.25, -0.2) is 4.57 Å². The van der Waals surface area contributed by atoms with E-state index < -0.39 is 45.1 Å². The van der Waals surface area contributed by atoms with Crippen molar-refractivity contribution in [3.63, 3.8) is 0 Å². The summed E-state index contributed by atoms with van der Waals surface area (Å²) in [6, 6.07) is -1.49. The Morgan fingerprint density at radius 2 is 0.846 bits per heavy atom. The molecule has 0 aliphatic rings. The number of aliphatic carboxylic acids is 1. The standard InChI is InChI=1S/C54H88NO9P/c1-3-5-7-9-11-13-15-17-19-21-23-25-27-29-31-33-35-37-39-41-43-45-47-61-48-51(49-62-65(59,60)63-50-52(55)54(57)58)64-53(56)46-44-42-40-38-36-34-32-30-28-26-24-22-20-18-16-14-12-10-8-6-4-2/h5-8,11-14,17-20,23-26,29,31,35,37,51-52H,3-4,9-10,15-16,21-22,27-28,30,32-34,36,38-50,55H2,1-2H3,(H,57,58)(H,59,60)/b7-5-,8-6-,13-11-,14-12-,19-17-,20-18-,25-23-,26-24-,31-29-,37-35-. The van der Waals surface area contributed by atoms with Crippen molar-refractivity contribution in [1.82, 2.24) is 0 Å². The predicted octanol–water partition coefficient (Wildman–Crippen LogP) is 14.4. The molecule has 11 heteroatoms. The van der Waals surface area contributed by atoms with Crippen molar-refractivity contribution < 1.29 is 42.7 Å². The van der Waals surface area contributed by atoms with Crippen LogP contribution in [0.1, 0.15) is 168 Å². The lowest BCUT2D eigenvalue weighted by molar-refractivity contribution is -0.154. The van der Waals surface area contributed by atoms with E-state index >= 15 is 0 Å². The van der Waals surface area contributed by atoms with E-state index in [0.717, 1.165) is 116 Å². The summed E-state index contributed by atoms with van der Waals surface area (Å²) >= 11 is 0. The number of ether oxygens (including phenoxy) is 2. The molecule has 0 aliphatic carbocycles. The molecule has 0 radical (unpaired) electrons. The second-order valence-corrected chi connectivity index (χ2v) is 17.3. The van der Waals surface area contributed by atoms with Gasteiger partial charge in [-0.3, -0.25) is 18.6 Å². The molecule has 0 aromatic carbocycles. The van der Waals surface area contributed by atoms with Crippen LogP contribution in [0, 0.1) is 0 Å². The van der Waals surface area contributed by atoms with Crippen LogP contribution in [0.2, 0.25) is 0 Å². The Morgan fingerprint density at radius 3 is 1.26 bits per heavy atom. The number of carbonyl (C=O) groups excluding carboxylic acids is 1. The summed E-state index contributed by atoms with van der Waals surface area (Å²) in [6.45, 7) is 3.54. The van der Waals surface area contributed by atoms with Crippen molar-refractivity contribution in [3.8, 4) is 0 Å². The first kappa shape index (κ1) is 61.4. The Bertz CT molecular complexity index is 1490. The number of carbonyl (C=O) groups is 2. The SMILES string of the molecule is CC/C=C\C/C=C\C/C=C\C/C=C\C/C=C\C/C=C\CCCCCOCC(COP(=O)(O)OCC(N)C(=O)O)OC(=O)CCCCCCCCCC/C=C\C/C=C\C/C=C\C/C=C\CC. The molecule has 0 saturated heterocycles. The maximum atomic E-state index is 12.7. The zero-order chi connectivity index (χ0) is 47.6. The van der Waals surface area contributed by atoms with E-state index in [-0.39, 0.29) is 13.0 Å². The molecule has 0 spiro atoms. The van der Waals surface area contributed by atoms with Gasteiger partial charge in [0.1, 0.15) is 12.1 Å². The smallest absolute Gasteiger partial charge is 0.472 e. The topological polar surface area (TPSA) is 155 Å². The molecule has 3 atom stereocenters. The first-order valence-corrected chi connectivity index (χ1v) is 26.1. The van der Waals surface area contributed by atoms with Crippen molar-refractivity contribution in [2.45, 2.75) is 180 Å². The van der Waals surface area contributed by atoms with Gasteiger partial charge in [-0.15, -0.1) is 0 Å². The quantitative estimate of drug-likeness (QED) is 0.0233. The van der Waals surface area contributed by atoms with Gasteiger partial charge < -0.3 is 25.2 Å². The van der Waals surface area contributed by atoms with Crippen molar-refractivity contribution in [2.75, 3.05) is 26.4 Å². The van der Waals surface area contributed by atoms with Crippen LogP contribution in [0.4, 0.5) is 0 Å². The number of phosphoric acid groups is 1. The lowest BCUT2D eigenvalue weighted by Gasteiger charge is -2.20. The lowest BCUT2D eigenvalue weighted by Crippen LogP contribution is -2.34. The molecule has 0 saturated carbocycles. The summed E-state index contributed by atoms with van der Waals surface area (Å²) in [7, 11) is -4.64. The number of hydrogen-bond acceptors (Lipinski definition) is 8. The van der Waals surface area contributed by atoms with Crippen molar-refractivity contribution in [1.29, 1.82) is 0 Å². The second kappa shape index (κ2) is 48.3. The summed E-state index contributed by atoms with van der Waals surface area (Å²) in [5.41, 5.74) is 5.37. The van der Waals surface area contributed by atoms with Crippen LogP contribution >= 0.6 is 7.82 Å². The Balaban J connectivity index is 4.30. The number of carboxylic acids is 1. The Kier molecular flexibility index (Phi) is 45.6. The van der Waals surface area contributed by atoms with Crippen molar-refractivity contribution in [2.24, 2.45) is 5.73 Å². The third-order valence-electron chi connectivity index (χ3n) is 9.74. The normalized spacial score (nSPS) is 14.8. The van der Waals surface area contributed by atoms with Gasteiger partial charge in [0.25, 0.3) is 0 Å². The average molecular weight is 926 g/mol. The molecule has 0 bridgehead atoms. The maximum Gasteiger partial charge on any atom is 0.472 e. The zero-order valence-electron chi connectivity index (χ0n) is 40.3. The molecule has 0 aromatic rings. The first-order chi connectivity index (χ1) is 31.7. The van der Waals surface area contributed by atoms with E-state index in [1.807, 2.05) is 0 Å². The first-order valence-electron chi connectivity index (χ1n) is 24.6. The molecule has 0 heterocycles. The molecule has 368 valence electrons. The predicted molar refractivity (Wildman–Crippen MR) is 272 cm³/mol. The monoisotopic (exact) mass is 926 g/mol. The van der Waals surface area contributed by atoms with E-state index in [9.17, 15) is 19.0 Å². The Morgan fingerprint density at radius 1 is 0.492 bits per heavy atom. The molecule has 0 rings (SSSR count). The van der Waals surface area contributed by atoms with Crippen LogP contribution in [0.25, 0.3) is 0 Å². The molecule has 0 aliphatic heterocycles. The van der Waals surface area contributed by atoms with E-state index in [1.54, 1.807) is 0 Å². The van der Waals surface area contributed by atoms with Gasteiger partial charge in [-0.1, -0.05) is 180 Å². The van der Waals surface area contributed by atoms with Crippen LogP contribution in [-0.4, -0.2) is 60.5 Å². The Hall–Kier alpha value is -3.63. The van der Waals surface area contributed by atoms with E-state index in [4.69, 9.17) is 29.4 Å². The van der Waals surface area contributed by atoms with Crippen LogP contribution in [-0.2, 0) is 32.7 Å². The molecule has 0 amide bonds. The summed E-state index contributed by atoms with van der Waals surface area (Å²) in [5, 5.41) is 8.93. The highest BCUT2D eigenvalue weighted by Crippen LogP contribution is 2.43. The molecule has 0 aromatic heterocycles. The van der Waals surface area contributed by atoms with E-state index in [0.29, 0.717) is 13.0 Å². The molecule has 65 heavy (non-hydrogen) atoms. The minimum absolute atomic E-state index is 0.0180. The van der Waals surface area contributed by atoms with Crippen LogP contribution < -0.4 is 5.73 Å². The Labute approximate surface area is 394 Å². The fraction of sp³-hybridized carbons (Fsp3) is 0.593. The summed E-state index contributed by atoms with van der Waals surface area (Å²) in [6.07, 6.45) is 66.8. The number of unbranched alkanes of at least 4 members (excludes halogenated alkanes) is 11. The fourth-order valence-corrected chi connectivity index (χ4v) is 6.79. The van der Waals surface area contributed by atoms with Gasteiger partial charge in [0.15, 0.2) is 0 Å².